The van der Waals surface area contributed by atoms with Crippen LogP contribution in [0.25, 0.3) is 0 Å². The first-order chi connectivity index (χ1) is 9.38. The van der Waals surface area contributed by atoms with Crippen LogP contribution in [0.1, 0.15) is 43.4 Å². The Morgan fingerprint density at radius 1 is 1.16 bits per heavy atom. The summed E-state index contributed by atoms with van der Waals surface area (Å²) in [4.78, 5) is 2.64. The average molecular weight is 260 g/mol. The third kappa shape index (κ3) is 2.59. The summed E-state index contributed by atoms with van der Waals surface area (Å²) in [6.07, 6.45) is 8.92. The van der Waals surface area contributed by atoms with Crippen molar-refractivity contribution in [3.63, 3.8) is 0 Å². The van der Waals surface area contributed by atoms with E-state index in [0.717, 1.165) is 36.7 Å². The fourth-order valence-corrected chi connectivity index (χ4v) is 3.89. The number of furan rings is 1. The molecule has 1 aromatic rings. The van der Waals surface area contributed by atoms with E-state index in [1.165, 1.54) is 50.8 Å². The average Bonchev–Trinajstić information content (AvgIpc) is 2.80. The molecule has 2 saturated carbocycles. The second-order valence-corrected chi connectivity index (χ2v) is 6.67. The van der Waals surface area contributed by atoms with E-state index < -0.39 is 0 Å². The first kappa shape index (κ1) is 12.0. The van der Waals surface area contributed by atoms with E-state index in [1.54, 1.807) is 0 Å². The predicted molar refractivity (Wildman–Crippen MR) is 74.7 cm³/mol. The first-order valence-corrected chi connectivity index (χ1v) is 7.89. The highest BCUT2D eigenvalue weighted by molar-refractivity contribution is 5.17. The summed E-state index contributed by atoms with van der Waals surface area (Å²) in [7, 11) is 0. The van der Waals surface area contributed by atoms with Crippen molar-refractivity contribution in [3.8, 4) is 0 Å². The monoisotopic (exact) mass is 260 g/mol. The highest BCUT2D eigenvalue weighted by Crippen LogP contribution is 2.38. The molecule has 1 aromatic heterocycles. The largest absolute Gasteiger partial charge is 0.468 e. The Balaban J connectivity index is 1.35. The minimum Gasteiger partial charge on any atom is -0.468 e. The van der Waals surface area contributed by atoms with Gasteiger partial charge in [0.05, 0.1) is 12.8 Å². The van der Waals surface area contributed by atoms with E-state index in [0.29, 0.717) is 0 Å². The Hall–Kier alpha value is -0.800. The molecule has 0 amide bonds. The van der Waals surface area contributed by atoms with Gasteiger partial charge in [0, 0.05) is 31.2 Å². The predicted octanol–water partition coefficient (Wildman–Crippen LogP) is 2.76. The van der Waals surface area contributed by atoms with Gasteiger partial charge in [0.2, 0.25) is 0 Å². The number of nitrogens with one attached hydrogen (secondary N) is 1. The maximum atomic E-state index is 5.66. The molecule has 19 heavy (non-hydrogen) atoms. The summed E-state index contributed by atoms with van der Waals surface area (Å²) in [6.45, 7) is 4.62. The van der Waals surface area contributed by atoms with Gasteiger partial charge in [-0.3, -0.25) is 4.90 Å². The van der Waals surface area contributed by atoms with Crippen molar-refractivity contribution in [1.29, 1.82) is 0 Å². The van der Waals surface area contributed by atoms with E-state index in [-0.39, 0.29) is 0 Å². The highest BCUT2D eigenvalue weighted by Gasteiger charge is 2.36. The maximum absolute atomic E-state index is 5.66. The van der Waals surface area contributed by atoms with Crippen LogP contribution in [-0.4, -0.2) is 24.0 Å². The van der Waals surface area contributed by atoms with Gasteiger partial charge in [-0.1, -0.05) is 6.42 Å². The van der Waals surface area contributed by atoms with E-state index >= 15 is 0 Å². The Labute approximate surface area is 115 Å². The van der Waals surface area contributed by atoms with E-state index in [9.17, 15) is 0 Å². The standard InChI is InChI=1S/C16H24N2O/c1-2-12-9-18(10-13(12)3-1)11-14-6-7-19-16(14)8-17-15-4-5-15/h6-7,12-13,15,17H,1-5,8-11H2. The van der Waals surface area contributed by atoms with Crippen LogP contribution in [0, 0.1) is 11.8 Å². The van der Waals surface area contributed by atoms with Crippen LogP contribution in [0.4, 0.5) is 0 Å². The highest BCUT2D eigenvalue weighted by atomic mass is 16.3. The summed E-state index contributed by atoms with van der Waals surface area (Å²) in [6, 6.07) is 2.92. The lowest BCUT2D eigenvalue weighted by atomic mass is 10.0. The van der Waals surface area contributed by atoms with Crippen LogP contribution < -0.4 is 5.32 Å². The molecule has 0 radical (unpaired) electrons. The molecular formula is C16H24N2O. The molecule has 3 aliphatic rings. The van der Waals surface area contributed by atoms with Crippen LogP contribution >= 0.6 is 0 Å². The number of nitrogens with zero attached hydrogens (tertiary/aromatic N) is 1. The Morgan fingerprint density at radius 3 is 2.68 bits per heavy atom. The fraction of sp³-hybridized carbons (Fsp3) is 0.750. The SMILES string of the molecule is c1cc(CN2CC3CCCC3C2)c(CNC2CC2)o1. The molecule has 2 heterocycles. The van der Waals surface area contributed by atoms with Gasteiger partial charge in [0.15, 0.2) is 0 Å². The van der Waals surface area contributed by atoms with Crippen molar-refractivity contribution in [2.75, 3.05) is 13.1 Å². The molecule has 2 aliphatic carbocycles. The van der Waals surface area contributed by atoms with Crippen molar-refractivity contribution >= 4 is 0 Å². The zero-order valence-electron chi connectivity index (χ0n) is 11.6. The van der Waals surface area contributed by atoms with Crippen LogP contribution in [-0.2, 0) is 13.1 Å². The second kappa shape index (κ2) is 4.95. The van der Waals surface area contributed by atoms with Gasteiger partial charge < -0.3 is 9.73 Å². The van der Waals surface area contributed by atoms with Gasteiger partial charge in [-0.25, -0.2) is 0 Å². The molecule has 1 saturated heterocycles. The summed E-state index contributed by atoms with van der Waals surface area (Å²) in [5.74, 6) is 3.13. The fourth-order valence-electron chi connectivity index (χ4n) is 3.89. The van der Waals surface area contributed by atoms with E-state index in [2.05, 4.69) is 16.3 Å². The van der Waals surface area contributed by atoms with Gasteiger partial charge >= 0.3 is 0 Å². The molecule has 4 rings (SSSR count). The molecule has 3 heteroatoms. The summed E-state index contributed by atoms with van der Waals surface area (Å²) in [5, 5.41) is 3.55. The van der Waals surface area contributed by atoms with Gasteiger partial charge in [0.25, 0.3) is 0 Å². The van der Waals surface area contributed by atoms with Crippen LogP contribution in [0.2, 0.25) is 0 Å². The number of fused-ring (bicyclic) bond motifs is 1. The smallest absolute Gasteiger partial charge is 0.122 e. The van der Waals surface area contributed by atoms with Crippen molar-refractivity contribution in [1.82, 2.24) is 10.2 Å². The lowest BCUT2D eigenvalue weighted by molar-refractivity contribution is 0.300. The summed E-state index contributed by atoms with van der Waals surface area (Å²) in [5.41, 5.74) is 1.40. The summed E-state index contributed by atoms with van der Waals surface area (Å²) >= 11 is 0. The third-order valence-electron chi connectivity index (χ3n) is 5.16. The van der Waals surface area contributed by atoms with Gasteiger partial charge in [0.1, 0.15) is 5.76 Å². The minimum atomic E-state index is 0.754. The molecular weight excluding hydrogens is 236 g/mol. The molecule has 1 aliphatic heterocycles. The molecule has 0 aromatic carbocycles. The minimum absolute atomic E-state index is 0.754. The molecule has 3 fully saturated rings. The van der Waals surface area contributed by atoms with Gasteiger partial charge in [-0.05, 0) is 43.6 Å². The van der Waals surface area contributed by atoms with Crippen LogP contribution in [0.3, 0.4) is 0 Å². The molecule has 2 atom stereocenters. The zero-order chi connectivity index (χ0) is 12.7. The topological polar surface area (TPSA) is 28.4 Å². The number of hydrogen-bond acceptors (Lipinski definition) is 3. The Kier molecular flexibility index (Phi) is 3.12. The zero-order valence-corrected chi connectivity index (χ0v) is 11.6. The lowest BCUT2D eigenvalue weighted by Crippen LogP contribution is -2.22. The van der Waals surface area contributed by atoms with Gasteiger partial charge in [-0.15, -0.1) is 0 Å². The molecule has 0 bridgehead atoms. The van der Waals surface area contributed by atoms with Crippen molar-refractivity contribution < 1.29 is 4.42 Å². The number of likely N-dealkylation sites (tertiary alicyclic amines) is 1. The number of rotatable bonds is 5. The normalized spacial score (nSPS) is 30.9. The molecule has 1 N–H and O–H groups in total. The van der Waals surface area contributed by atoms with Crippen molar-refractivity contribution in [2.24, 2.45) is 11.8 Å². The first-order valence-electron chi connectivity index (χ1n) is 7.89. The molecule has 2 unspecified atom stereocenters. The van der Waals surface area contributed by atoms with E-state index in [1.807, 2.05) is 6.26 Å². The van der Waals surface area contributed by atoms with Crippen LogP contribution in [0.5, 0.6) is 0 Å². The van der Waals surface area contributed by atoms with E-state index in [4.69, 9.17) is 4.42 Å². The lowest BCUT2D eigenvalue weighted by Gasteiger charge is -2.16. The van der Waals surface area contributed by atoms with Crippen molar-refractivity contribution in [3.05, 3.63) is 23.7 Å². The second-order valence-electron chi connectivity index (χ2n) is 6.67. The third-order valence-corrected chi connectivity index (χ3v) is 5.16. The maximum Gasteiger partial charge on any atom is 0.122 e. The Bertz CT molecular complexity index is 426. The molecule has 3 nitrogen and oxygen atoms in total. The quantitative estimate of drug-likeness (QED) is 0.882. The van der Waals surface area contributed by atoms with Crippen molar-refractivity contribution in [2.45, 2.75) is 51.2 Å². The Morgan fingerprint density at radius 2 is 1.95 bits per heavy atom. The molecule has 0 spiro atoms. The summed E-state index contributed by atoms with van der Waals surface area (Å²) < 4.78 is 5.66. The van der Waals surface area contributed by atoms with Crippen LogP contribution in [0.15, 0.2) is 16.7 Å². The number of hydrogen-bond donors (Lipinski definition) is 1. The van der Waals surface area contributed by atoms with Gasteiger partial charge in [-0.2, -0.15) is 0 Å². The molecule has 104 valence electrons.